The lowest BCUT2D eigenvalue weighted by atomic mass is 10.2. The van der Waals surface area contributed by atoms with Crippen LogP contribution in [0.25, 0.3) is 0 Å². The van der Waals surface area contributed by atoms with E-state index in [4.69, 9.17) is 14.2 Å². The number of aromatic nitrogens is 1. The molecule has 0 saturated heterocycles. The summed E-state index contributed by atoms with van der Waals surface area (Å²) in [5, 5.41) is 6.03. The number of carbonyl (C=O) groups is 1. The quantitative estimate of drug-likeness (QED) is 0.765. The lowest BCUT2D eigenvalue weighted by molar-refractivity contribution is 0.102. The monoisotopic (exact) mass is 345 g/mol. The van der Waals surface area contributed by atoms with E-state index in [-0.39, 0.29) is 5.91 Å². The van der Waals surface area contributed by atoms with Crippen LogP contribution < -0.4 is 24.8 Å². The van der Waals surface area contributed by atoms with Crippen LogP contribution in [0.4, 0.5) is 11.4 Å². The molecule has 0 unspecified atom stereocenters. The number of ether oxygens (including phenoxy) is 3. The zero-order valence-electron chi connectivity index (χ0n) is 14.9. The highest BCUT2D eigenvalue weighted by Gasteiger charge is 2.15. The van der Waals surface area contributed by atoms with Crippen LogP contribution in [0.15, 0.2) is 30.6 Å². The number of benzene rings is 1. The first-order chi connectivity index (χ1) is 12.1. The number of hydrogen-bond donors (Lipinski definition) is 2. The van der Waals surface area contributed by atoms with Crippen molar-refractivity contribution < 1.29 is 19.0 Å². The third-order valence-electron chi connectivity index (χ3n) is 3.50. The number of rotatable bonds is 8. The Morgan fingerprint density at radius 1 is 1.00 bits per heavy atom. The SMILES string of the molecule is CCCNc1cncc(C(=O)Nc2cc(OC)c(OC)c(OC)c2)c1. The Balaban J connectivity index is 2.23. The van der Waals surface area contributed by atoms with E-state index in [1.54, 1.807) is 24.4 Å². The van der Waals surface area contributed by atoms with Gasteiger partial charge in [-0.25, -0.2) is 0 Å². The van der Waals surface area contributed by atoms with Crippen LogP contribution in [0.2, 0.25) is 0 Å². The Kier molecular flexibility index (Phi) is 6.45. The van der Waals surface area contributed by atoms with Crippen molar-refractivity contribution in [3.8, 4) is 17.2 Å². The fraction of sp³-hybridized carbons (Fsp3) is 0.333. The van der Waals surface area contributed by atoms with Gasteiger partial charge in [-0.3, -0.25) is 9.78 Å². The summed E-state index contributed by atoms with van der Waals surface area (Å²) in [6.07, 6.45) is 4.19. The molecule has 7 nitrogen and oxygen atoms in total. The highest BCUT2D eigenvalue weighted by Crippen LogP contribution is 2.40. The second-order valence-electron chi connectivity index (χ2n) is 5.26. The van der Waals surface area contributed by atoms with Gasteiger partial charge in [0.2, 0.25) is 5.75 Å². The lowest BCUT2D eigenvalue weighted by Crippen LogP contribution is -2.13. The molecule has 7 heteroatoms. The Morgan fingerprint density at radius 3 is 2.24 bits per heavy atom. The molecule has 25 heavy (non-hydrogen) atoms. The number of amides is 1. The van der Waals surface area contributed by atoms with E-state index in [1.807, 2.05) is 0 Å². The van der Waals surface area contributed by atoms with Crippen LogP contribution in [0.3, 0.4) is 0 Å². The van der Waals surface area contributed by atoms with E-state index in [2.05, 4.69) is 22.5 Å². The van der Waals surface area contributed by atoms with E-state index in [0.717, 1.165) is 18.7 Å². The van der Waals surface area contributed by atoms with Gasteiger partial charge in [0.25, 0.3) is 5.91 Å². The smallest absolute Gasteiger partial charge is 0.257 e. The summed E-state index contributed by atoms with van der Waals surface area (Å²) in [6, 6.07) is 5.10. The number of methoxy groups -OCH3 is 3. The molecule has 0 saturated carbocycles. The predicted molar refractivity (Wildman–Crippen MR) is 97.1 cm³/mol. The molecule has 0 atom stereocenters. The predicted octanol–water partition coefficient (Wildman–Crippen LogP) is 3.18. The van der Waals surface area contributed by atoms with Crippen molar-refractivity contribution in [1.82, 2.24) is 4.98 Å². The second kappa shape index (κ2) is 8.77. The number of pyridine rings is 1. The number of nitrogens with one attached hydrogen (secondary N) is 2. The van der Waals surface area contributed by atoms with Gasteiger partial charge in [0.05, 0.1) is 32.6 Å². The molecule has 0 spiro atoms. The first-order valence-electron chi connectivity index (χ1n) is 7.93. The average Bonchev–Trinajstić information content (AvgIpc) is 2.65. The van der Waals surface area contributed by atoms with Gasteiger partial charge >= 0.3 is 0 Å². The van der Waals surface area contributed by atoms with Gasteiger partial charge in [-0.05, 0) is 12.5 Å². The number of anilines is 2. The third kappa shape index (κ3) is 4.53. The fourth-order valence-electron chi connectivity index (χ4n) is 2.29. The summed E-state index contributed by atoms with van der Waals surface area (Å²) in [7, 11) is 4.57. The Hall–Kier alpha value is -2.96. The molecule has 2 rings (SSSR count). The summed E-state index contributed by atoms with van der Waals surface area (Å²) in [4.78, 5) is 16.6. The molecule has 0 radical (unpaired) electrons. The van der Waals surface area contributed by atoms with Crippen molar-refractivity contribution in [2.75, 3.05) is 38.5 Å². The van der Waals surface area contributed by atoms with E-state index in [1.165, 1.54) is 27.5 Å². The maximum absolute atomic E-state index is 12.5. The second-order valence-corrected chi connectivity index (χ2v) is 5.26. The largest absolute Gasteiger partial charge is 0.493 e. The lowest BCUT2D eigenvalue weighted by Gasteiger charge is -2.14. The molecule has 0 fully saturated rings. The number of carbonyl (C=O) groups excluding carboxylic acids is 1. The molecule has 0 aliphatic rings. The highest BCUT2D eigenvalue weighted by molar-refractivity contribution is 6.04. The minimum atomic E-state index is -0.276. The highest BCUT2D eigenvalue weighted by atomic mass is 16.5. The molecule has 1 aromatic carbocycles. The van der Waals surface area contributed by atoms with E-state index in [9.17, 15) is 4.79 Å². The van der Waals surface area contributed by atoms with Gasteiger partial charge in [-0.2, -0.15) is 0 Å². The minimum absolute atomic E-state index is 0.276. The van der Waals surface area contributed by atoms with Crippen LogP contribution in [-0.2, 0) is 0 Å². The molecular formula is C18H23N3O4. The van der Waals surface area contributed by atoms with Crippen LogP contribution in [0, 0.1) is 0 Å². The summed E-state index contributed by atoms with van der Waals surface area (Å²) in [6.45, 7) is 2.89. The normalized spacial score (nSPS) is 10.1. The molecule has 0 aliphatic heterocycles. The summed E-state index contributed by atoms with van der Waals surface area (Å²) in [5.74, 6) is 1.12. The number of hydrogen-bond acceptors (Lipinski definition) is 6. The molecule has 1 amide bonds. The van der Waals surface area contributed by atoms with Gasteiger partial charge in [-0.1, -0.05) is 6.92 Å². The standard InChI is InChI=1S/C18H23N3O4/c1-5-6-20-14-7-12(10-19-11-14)18(22)21-13-8-15(23-2)17(25-4)16(9-13)24-3/h7-11,20H,5-6H2,1-4H3,(H,21,22). The first-order valence-corrected chi connectivity index (χ1v) is 7.93. The van der Waals surface area contributed by atoms with E-state index >= 15 is 0 Å². The van der Waals surface area contributed by atoms with Crippen LogP contribution >= 0.6 is 0 Å². The molecule has 1 aromatic heterocycles. The topological polar surface area (TPSA) is 81.7 Å². The maximum Gasteiger partial charge on any atom is 0.257 e. The summed E-state index contributed by atoms with van der Waals surface area (Å²) in [5.41, 5.74) is 1.79. The van der Waals surface area contributed by atoms with Crippen molar-refractivity contribution in [2.24, 2.45) is 0 Å². The van der Waals surface area contributed by atoms with E-state index < -0.39 is 0 Å². The Bertz CT molecular complexity index is 709. The zero-order valence-corrected chi connectivity index (χ0v) is 14.9. The first kappa shape index (κ1) is 18.4. The maximum atomic E-state index is 12.5. The molecular weight excluding hydrogens is 322 g/mol. The van der Waals surface area contributed by atoms with Gasteiger partial charge in [-0.15, -0.1) is 0 Å². The summed E-state index contributed by atoms with van der Waals surface area (Å²) < 4.78 is 15.9. The molecule has 2 aromatic rings. The van der Waals surface area contributed by atoms with Crippen LogP contribution in [0.1, 0.15) is 23.7 Å². The molecule has 0 aliphatic carbocycles. The average molecular weight is 345 g/mol. The van der Waals surface area contributed by atoms with Gasteiger partial charge < -0.3 is 24.8 Å². The van der Waals surface area contributed by atoms with Crippen molar-refractivity contribution in [2.45, 2.75) is 13.3 Å². The Labute approximate surface area is 147 Å². The van der Waals surface area contributed by atoms with Gasteiger partial charge in [0.1, 0.15) is 0 Å². The van der Waals surface area contributed by atoms with Gasteiger partial charge in [0.15, 0.2) is 11.5 Å². The molecule has 2 N–H and O–H groups in total. The minimum Gasteiger partial charge on any atom is -0.493 e. The summed E-state index contributed by atoms with van der Waals surface area (Å²) >= 11 is 0. The van der Waals surface area contributed by atoms with E-state index in [0.29, 0.717) is 28.5 Å². The van der Waals surface area contributed by atoms with Crippen molar-refractivity contribution >= 4 is 17.3 Å². The van der Waals surface area contributed by atoms with Crippen molar-refractivity contribution in [1.29, 1.82) is 0 Å². The Morgan fingerprint density at radius 2 is 1.68 bits per heavy atom. The molecule has 134 valence electrons. The van der Waals surface area contributed by atoms with Gasteiger partial charge in [0, 0.05) is 36.8 Å². The molecule has 0 bridgehead atoms. The third-order valence-corrected chi connectivity index (χ3v) is 3.50. The van der Waals surface area contributed by atoms with Crippen molar-refractivity contribution in [3.05, 3.63) is 36.2 Å². The molecule has 1 heterocycles. The zero-order chi connectivity index (χ0) is 18.2. The van der Waals surface area contributed by atoms with Crippen LogP contribution in [0.5, 0.6) is 17.2 Å². The fourth-order valence-corrected chi connectivity index (χ4v) is 2.29. The van der Waals surface area contributed by atoms with Crippen molar-refractivity contribution in [3.63, 3.8) is 0 Å². The number of nitrogens with zero attached hydrogens (tertiary/aromatic N) is 1. The van der Waals surface area contributed by atoms with Crippen LogP contribution in [-0.4, -0.2) is 38.8 Å².